The Morgan fingerprint density at radius 1 is 1.24 bits per heavy atom. The van der Waals surface area contributed by atoms with Crippen molar-refractivity contribution >= 4 is 11.6 Å². The van der Waals surface area contributed by atoms with Crippen LogP contribution in [-0.2, 0) is 12.6 Å². The van der Waals surface area contributed by atoms with E-state index < -0.39 is 17.9 Å². The molecule has 1 fully saturated rings. The maximum Gasteiger partial charge on any atom is 0.433 e. The second-order valence-corrected chi connectivity index (χ2v) is 7.02. The van der Waals surface area contributed by atoms with Gasteiger partial charge in [-0.3, -0.25) is 9.78 Å². The molecule has 1 amide bonds. The van der Waals surface area contributed by atoms with Gasteiger partial charge in [-0.05, 0) is 32.3 Å². The van der Waals surface area contributed by atoms with Gasteiger partial charge in [-0.2, -0.15) is 18.3 Å². The van der Waals surface area contributed by atoms with E-state index in [4.69, 9.17) is 0 Å². The maximum absolute atomic E-state index is 13.5. The summed E-state index contributed by atoms with van der Waals surface area (Å²) in [6, 6.07) is 2.12. The van der Waals surface area contributed by atoms with Crippen molar-refractivity contribution in [3.63, 3.8) is 0 Å². The van der Waals surface area contributed by atoms with Crippen molar-refractivity contribution in [3.05, 3.63) is 53.0 Å². The number of carbonyl (C=O) groups is 1. The second kappa shape index (κ2) is 7.09. The summed E-state index contributed by atoms with van der Waals surface area (Å²) in [5.74, 6) is -0.310. The van der Waals surface area contributed by atoms with Gasteiger partial charge in [0.05, 0.1) is 23.6 Å². The molecule has 0 unspecified atom stereocenters. The normalized spacial score (nSPS) is 17.3. The zero-order chi connectivity index (χ0) is 20.8. The average Bonchev–Trinajstić information content (AvgIpc) is 3.32. The van der Waals surface area contributed by atoms with Gasteiger partial charge >= 0.3 is 6.18 Å². The van der Waals surface area contributed by atoms with E-state index in [2.05, 4.69) is 20.1 Å². The Kier molecular flexibility index (Phi) is 4.71. The SMILES string of the molecule is CCc1cc(C(F)(F)F)n2nc([C@H]3CCCN3C(=O)c3cnc(C)cn3)cc2n1. The minimum Gasteiger partial charge on any atom is -0.329 e. The van der Waals surface area contributed by atoms with Crippen LogP contribution in [0.25, 0.3) is 5.65 Å². The zero-order valence-corrected chi connectivity index (χ0v) is 15.9. The first kappa shape index (κ1) is 19.3. The molecule has 1 aliphatic heterocycles. The number of halogens is 3. The van der Waals surface area contributed by atoms with Crippen molar-refractivity contribution in [1.29, 1.82) is 0 Å². The number of alkyl halides is 3. The predicted molar refractivity (Wildman–Crippen MR) is 97.1 cm³/mol. The van der Waals surface area contributed by atoms with Crippen LogP contribution < -0.4 is 0 Å². The lowest BCUT2D eigenvalue weighted by atomic mass is 10.1. The number of aryl methyl sites for hydroxylation is 2. The Bertz CT molecular complexity index is 1060. The molecule has 1 aliphatic rings. The van der Waals surface area contributed by atoms with Crippen LogP contribution in [0, 0.1) is 6.92 Å². The number of aromatic nitrogens is 5. The van der Waals surface area contributed by atoms with Gasteiger partial charge in [0.1, 0.15) is 11.4 Å². The number of rotatable bonds is 3. The average molecular weight is 404 g/mol. The molecule has 1 atom stereocenters. The standard InChI is InChI=1S/C19H19F3N6O/c1-3-12-7-16(19(20,21)22)28-17(25-12)8-13(26-28)15-5-4-6-27(15)18(29)14-10-23-11(2)9-24-14/h7-10,15H,3-6H2,1-2H3/t15-/m1/s1. The number of carbonyl (C=O) groups excluding carboxylic acids is 1. The third kappa shape index (κ3) is 3.54. The molecule has 1 saturated heterocycles. The van der Waals surface area contributed by atoms with Crippen LogP contribution in [-0.4, -0.2) is 41.9 Å². The molecule has 0 aromatic carbocycles. The van der Waals surface area contributed by atoms with Gasteiger partial charge in [0, 0.05) is 24.5 Å². The van der Waals surface area contributed by atoms with Crippen molar-refractivity contribution in [2.45, 2.75) is 45.3 Å². The Morgan fingerprint density at radius 3 is 2.69 bits per heavy atom. The summed E-state index contributed by atoms with van der Waals surface area (Å²) >= 11 is 0. The summed E-state index contributed by atoms with van der Waals surface area (Å²) in [5, 5.41) is 4.18. The molecule has 3 aromatic heterocycles. The third-order valence-corrected chi connectivity index (χ3v) is 5.01. The van der Waals surface area contributed by atoms with Crippen LogP contribution in [0.2, 0.25) is 0 Å². The second-order valence-electron chi connectivity index (χ2n) is 7.02. The van der Waals surface area contributed by atoms with E-state index in [1.165, 1.54) is 18.5 Å². The summed E-state index contributed by atoms with van der Waals surface area (Å²) < 4.78 is 41.4. The van der Waals surface area contributed by atoms with Crippen molar-refractivity contribution < 1.29 is 18.0 Å². The van der Waals surface area contributed by atoms with Crippen LogP contribution in [0.15, 0.2) is 24.5 Å². The van der Waals surface area contributed by atoms with Crippen LogP contribution >= 0.6 is 0 Å². The van der Waals surface area contributed by atoms with Gasteiger partial charge in [-0.15, -0.1) is 0 Å². The number of hydrogen-bond donors (Lipinski definition) is 0. The van der Waals surface area contributed by atoms with Crippen molar-refractivity contribution in [2.24, 2.45) is 0 Å². The zero-order valence-electron chi connectivity index (χ0n) is 15.9. The van der Waals surface area contributed by atoms with Crippen LogP contribution in [0.4, 0.5) is 13.2 Å². The van der Waals surface area contributed by atoms with E-state index in [-0.39, 0.29) is 17.2 Å². The fourth-order valence-electron chi connectivity index (χ4n) is 3.56. The highest BCUT2D eigenvalue weighted by Gasteiger charge is 2.37. The lowest BCUT2D eigenvalue weighted by Crippen LogP contribution is -2.31. The van der Waals surface area contributed by atoms with Crippen molar-refractivity contribution in [1.82, 2.24) is 29.5 Å². The Balaban J connectivity index is 1.73. The lowest BCUT2D eigenvalue weighted by molar-refractivity contribution is -0.142. The molecule has 29 heavy (non-hydrogen) atoms. The molecule has 7 nitrogen and oxygen atoms in total. The molecule has 10 heteroatoms. The van der Waals surface area contributed by atoms with Gasteiger partial charge in [-0.1, -0.05) is 6.92 Å². The Labute approximate surface area is 164 Å². The largest absolute Gasteiger partial charge is 0.433 e. The molecule has 3 aromatic rings. The van der Waals surface area contributed by atoms with E-state index in [0.717, 1.165) is 17.0 Å². The molecule has 4 heterocycles. The van der Waals surface area contributed by atoms with E-state index in [1.807, 2.05) is 0 Å². The quantitative estimate of drug-likeness (QED) is 0.669. The number of amides is 1. The molecule has 0 radical (unpaired) electrons. The number of hydrogen-bond acceptors (Lipinski definition) is 5. The molecular weight excluding hydrogens is 385 g/mol. The highest BCUT2D eigenvalue weighted by atomic mass is 19.4. The van der Waals surface area contributed by atoms with Crippen LogP contribution in [0.5, 0.6) is 0 Å². The number of fused-ring (bicyclic) bond motifs is 1. The minimum absolute atomic E-state index is 0.126. The Morgan fingerprint density at radius 2 is 2.03 bits per heavy atom. The minimum atomic E-state index is -4.56. The van der Waals surface area contributed by atoms with Crippen molar-refractivity contribution in [3.8, 4) is 0 Å². The van der Waals surface area contributed by atoms with Gasteiger partial charge < -0.3 is 4.90 Å². The highest BCUT2D eigenvalue weighted by molar-refractivity contribution is 5.92. The molecule has 4 rings (SSSR count). The number of nitrogens with zero attached hydrogens (tertiary/aromatic N) is 6. The summed E-state index contributed by atoms with van der Waals surface area (Å²) in [5.41, 5.74) is 0.880. The van der Waals surface area contributed by atoms with E-state index in [0.29, 0.717) is 36.5 Å². The smallest absolute Gasteiger partial charge is 0.329 e. The molecule has 0 aliphatic carbocycles. The van der Waals surface area contributed by atoms with E-state index in [9.17, 15) is 18.0 Å². The fraction of sp³-hybridized carbons (Fsp3) is 0.421. The van der Waals surface area contributed by atoms with Gasteiger partial charge in [-0.25, -0.2) is 14.5 Å². The van der Waals surface area contributed by atoms with Gasteiger partial charge in [0.2, 0.25) is 0 Å². The molecule has 0 saturated carbocycles. The predicted octanol–water partition coefficient (Wildman–Crippen LogP) is 3.39. The first-order chi connectivity index (χ1) is 13.8. The fourth-order valence-corrected chi connectivity index (χ4v) is 3.56. The lowest BCUT2D eigenvalue weighted by Gasteiger charge is -2.22. The molecule has 0 N–H and O–H groups in total. The van der Waals surface area contributed by atoms with Crippen molar-refractivity contribution in [2.75, 3.05) is 6.54 Å². The Hall–Kier alpha value is -3.04. The summed E-state index contributed by atoms with van der Waals surface area (Å²) in [4.78, 5) is 27.0. The van der Waals surface area contributed by atoms with Crippen LogP contribution in [0.3, 0.4) is 0 Å². The number of likely N-dealkylation sites (tertiary alicyclic amines) is 1. The third-order valence-electron chi connectivity index (χ3n) is 5.01. The summed E-state index contributed by atoms with van der Waals surface area (Å²) in [6.45, 7) is 4.00. The van der Waals surface area contributed by atoms with Crippen LogP contribution in [0.1, 0.15) is 59.1 Å². The van der Waals surface area contributed by atoms with Gasteiger partial charge in [0.25, 0.3) is 5.91 Å². The monoisotopic (exact) mass is 404 g/mol. The first-order valence-electron chi connectivity index (χ1n) is 9.34. The summed E-state index contributed by atoms with van der Waals surface area (Å²) in [6.07, 6.45) is 0.0696. The maximum atomic E-state index is 13.5. The topological polar surface area (TPSA) is 76.3 Å². The molecular formula is C19H19F3N6O. The highest BCUT2D eigenvalue weighted by Crippen LogP contribution is 2.35. The molecule has 0 bridgehead atoms. The molecule has 0 spiro atoms. The van der Waals surface area contributed by atoms with E-state index >= 15 is 0 Å². The van der Waals surface area contributed by atoms with Gasteiger partial charge in [0.15, 0.2) is 5.65 Å². The first-order valence-corrected chi connectivity index (χ1v) is 9.34. The summed E-state index contributed by atoms with van der Waals surface area (Å²) in [7, 11) is 0. The van der Waals surface area contributed by atoms with E-state index in [1.54, 1.807) is 18.7 Å². The molecule has 152 valence electrons.